The van der Waals surface area contributed by atoms with E-state index < -0.39 is 0 Å². The highest BCUT2D eigenvalue weighted by Gasteiger charge is 2.29. The molecular weight excluding hydrogens is 216 g/mol. The van der Waals surface area contributed by atoms with Crippen LogP contribution in [-0.2, 0) is 14.3 Å². The van der Waals surface area contributed by atoms with Gasteiger partial charge in [0.05, 0.1) is 5.92 Å². The molecule has 0 aliphatic heterocycles. The second-order valence-corrected chi connectivity index (χ2v) is 4.48. The van der Waals surface area contributed by atoms with E-state index in [2.05, 4.69) is 0 Å². The van der Waals surface area contributed by atoms with E-state index in [1.807, 2.05) is 0 Å². The van der Waals surface area contributed by atoms with Crippen molar-refractivity contribution in [3.63, 3.8) is 0 Å². The van der Waals surface area contributed by atoms with Crippen molar-refractivity contribution in [2.75, 3.05) is 6.61 Å². The van der Waals surface area contributed by atoms with Crippen LogP contribution in [0.1, 0.15) is 39.0 Å². The van der Waals surface area contributed by atoms with Gasteiger partial charge >= 0.3 is 5.97 Å². The van der Waals surface area contributed by atoms with Crippen molar-refractivity contribution in [1.82, 2.24) is 0 Å². The molecule has 1 aliphatic rings. The number of carbonyl (C=O) groups is 2. The predicted octanol–water partition coefficient (Wildman–Crippen LogP) is 2.51. The third kappa shape index (κ3) is 4.20. The van der Waals surface area contributed by atoms with Crippen molar-refractivity contribution in [3.8, 4) is 0 Å². The van der Waals surface area contributed by atoms with Gasteiger partial charge in [-0.3, -0.25) is 9.59 Å². The minimum Gasteiger partial charge on any atom is -0.465 e. The molecule has 0 saturated heterocycles. The molecule has 1 unspecified atom stereocenters. The van der Waals surface area contributed by atoms with Crippen LogP contribution in [-0.4, -0.2) is 17.8 Å². The highest BCUT2D eigenvalue weighted by atomic mass is 35.5. The van der Waals surface area contributed by atoms with Crippen LogP contribution in [0.25, 0.3) is 0 Å². The number of esters is 1. The molecule has 86 valence electrons. The number of hydrogen-bond donors (Lipinski definition) is 0. The third-order valence-corrected chi connectivity index (χ3v) is 3.26. The van der Waals surface area contributed by atoms with Crippen LogP contribution in [0.2, 0.25) is 0 Å². The summed E-state index contributed by atoms with van der Waals surface area (Å²) in [5.41, 5.74) is 0. The predicted molar refractivity (Wildman–Crippen MR) is 57.6 cm³/mol. The highest BCUT2D eigenvalue weighted by Crippen LogP contribution is 2.31. The molecule has 1 aliphatic carbocycles. The van der Waals surface area contributed by atoms with Crippen LogP contribution in [0, 0.1) is 11.8 Å². The zero-order chi connectivity index (χ0) is 11.3. The Morgan fingerprint density at radius 1 is 1.33 bits per heavy atom. The average Bonchev–Trinajstić information content (AvgIpc) is 2.18. The van der Waals surface area contributed by atoms with E-state index in [0.29, 0.717) is 5.92 Å². The van der Waals surface area contributed by atoms with Gasteiger partial charge in [0.1, 0.15) is 6.61 Å². The van der Waals surface area contributed by atoms with Crippen LogP contribution in [0.5, 0.6) is 0 Å². The van der Waals surface area contributed by atoms with Crippen LogP contribution in [0.3, 0.4) is 0 Å². The van der Waals surface area contributed by atoms with Crippen LogP contribution >= 0.6 is 11.6 Å². The quantitative estimate of drug-likeness (QED) is 0.553. The SMILES string of the molecule is CC(=O)OCC(C(=O)Cl)C1CCCCC1. The van der Waals surface area contributed by atoms with Gasteiger partial charge in [0.2, 0.25) is 5.24 Å². The monoisotopic (exact) mass is 232 g/mol. The molecule has 0 aromatic heterocycles. The van der Waals surface area contributed by atoms with E-state index in [4.69, 9.17) is 16.3 Å². The molecule has 1 fully saturated rings. The summed E-state index contributed by atoms with van der Waals surface area (Å²) >= 11 is 5.53. The van der Waals surface area contributed by atoms with Gasteiger partial charge in [-0.05, 0) is 30.4 Å². The van der Waals surface area contributed by atoms with E-state index in [1.54, 1.807) is 0 Å². The van der Waals surface area contributed by atoms with Crippen molar-refractivity contribution in [2.45, 2.75) is 39.0 Å². The lowest BCUT2D eigenvalue weighted by Gasteiger charge is -2.27. The first kappa shape index (κ1) is 12.5. The summed E-state index contributed by atoms with van der Waals surface area (Å²) in [4.78, 5) is 21.9. The van der Waals surface area contributed by atoms with Crippen molar-refractivity contribution in [1.29, 1.82) is 0 Å². The molecule has 1 atom stereocenters. The molecule has 0 aromatic carbocycles. The van der Waals surface area contributed by atoms with Crippen LogP contribution in [0.4, 0.5) is 0 Å². The maximum Gasteiger partial charge on any atom is 0.302 e. The first-order valence-corrected chi connectivity index (χ1v) is 5.81. The molecule has 0 amide bonds. The Balaban J connectivity index is 2.48. The smallest absolute Gasteiger partial charge is 0.302 e. The van der Waals surface area contributed by atoms with Crippen LogP contribution < -0.4 is 0 Å². The Morgan fingerprint density at radius 2 is 1.93 bits per heavy atom. The maximum absolute atomic E-state index is 11.2. The van der Waals surface area contributed by atoms with Crippen molar-refractivity contribution in [3.05, 3.63) is 0 Å². The molecule has 15 heavy (non-hydrogen) atoms. The number of hydrogen-bond acceptors (Lipinski definition) is 3. The summed E-state index contributed by atoms with van der Waals surface area (Å²) in [5, 5.41) is -0.372. The summed E-state index contributed by atoms with van der Waals surface area (Å²) in [5.74, 6) is -0.368. The second kappa shape index (κ2) is 6.11. The van der Waals surface area contributed by atoms with Gasteiger partial charge in [0.25, 0.3) is 0 Å². The summed E-state index contributed by atoms with van der Waals surface area (Å²) < 4.78 is 4.87. The van der Waals surface area contributed by atoms with Gasteiger partial charge < -0.3 is 4.74 Å². The molecule has 0 heterocycles. The molecule has 0 bridgehead atoms. The van der Waals surface area contributed by atoms with Gasteiger partial charge in [-0.2, -0.15) is 0 Å². The van der Waals surface area contributed by atoms with Gasteiger partial charge in [-0.1, -0.05) is 19.3 Å². The number of rotatable bonds is 4. The first-order chi connectivity index (χ1) is 7.11. The fourth-order valence-corrected chi connectivity index (χ4v) is 2.37. The normalized spacial score (nSPS) is 19.6. The summed E-state index contributed by atoms with van der Waals surface area (Å²) in [6, 6.07) is 0. The van der Waals surface area contributed by atoms with E-state index in [0.717, 1.165) is 25.7 Å². The van der Waals surface area contributed by atoms with E-state index >= 15 is 0 Å². The highest BCUT2D eigenvalue weighted by molar-refractivity contribution is 6.64. The largest absolute Gasteiger partial charge is 0.465 e. The van der Waals surface area contributed by atoms with Gasteiger partial charge in [-0.15, -0.1) is 0 Å². The van der Waals surface area contributed by atoms with Gasteiger partial charge in [-0.25, -0.2) is 0 Å². The fraction of sp³-hybridized carbons (Fsp3) is 0.818. The Labute approximate surface area is 95.1 Å². The third-order valence-electron chi connectivity index (χ3n) is 2.98. The fourth-order valence-electron chi connectivity index (χ4n) is 2.13. The van der Waals surface area contributed by atoms with Crippen molar-refractivity contribution >= 4 is 22.8 Å². The van der Waals surface area contributed by atoms with Crippen LogP contribution in [0.15, 0.2) is 0 Å². The maximum atomic E-state index is 11.2. The summed E-state index contributed by atoms with van der Waals surface area (Å²) in [7, 11) is 0. The van der Waals surface area contributed by atoms with E-state index in [9.17, 15) is 9.59 Å². The number of ether oxygens (including phenoxy) is 1. The molecule has 3 nitrogen and oxygen atoms in total. The molecule has 0 radical (unpaired) electrons. The molecule has 4 heteroatoms. The number of carbonyl (C=O) groups excluding carboxylic acids is 2. The lowest BCUT2D eigenvalue weighted by atomic mass is 9.81. The lowest BCUT2D eigenvalue weighted by molar-refractivity contribution is -0.144. The Bertz CT molecular complexity index is 234. The molecule has 1 rings (SSSR count). The van der Waals surface area contributed by atoms with E-state index in [-0.39, 0.29) is 23.7 Å². The summed E-state index contributed by atoms with van der Waals surface area (Å²) in [6.07, 6.45) is 5.55. The Morgan fingerprint density at radius 3 is 2.40 bits per heavy atom. The summed E-state index contributed by atoms with van der Waals surface area (Å²) in [6.45, 7) is 1.49. The van der Waals surface area contributed by atoms with Crippen molar-refractivity contribution < 1.29 is 14.3 Å². The van der Waals surface area contributed by atoms with Gasteiger partial charge in [0, 0.05) is 6.92 Å². The molecule has 1 saturated carbocycles. The molecule has 0 N–H and O–H groups in total. The minimum atomic E-state index is -0.372. The zero-order valence-corrected chi connectivity index (χ0v) is 9.76. The van der Waals surface area contributed by atoms with Crippen molar-refractivity contribution in [2.24, 2.45) is 11.8 Å². The Kier molecular flexibility index (Phi) is 5.09. The molecular formula is C11H17ClO3. The molecule has 0 spiro atoms. The molecule has 0 aromatic rings. The number of halogens is 1. The average molecular weight is 233 g/mol. The Hall–Kier alpha value is -0.570. The topological polar surface area (TPSA) is 43.4 Å². The lowest BCUT2D eigenvalue weighted by Crippen LogP contribution is -2.28. The van der Waals surface area contributed by atoms with E-state index in [1.165, 1.54) is 13.3 Å². The second-order valence-electron chi connectivity index (χ2n) is 4.11. The standard InChI is InChI=1S/C11H17ClO3/c1-8(13)15-7-10(11(12)14)9-5-3-2-4-6-9/h9-10H,2-7H2,1H3. The van der Waals surface area contributed by atoms with Gasteiger partial charge in [0.15, 0.2) is 0 Å². The first-order valence-electron chi connectivity index (χ1n) is 5.44. The zero-order valence-electron chi connectivity index (χ0n) is 9.00. The minimum absolute atomic E-state index is 0.141.